The summed E-state index contributed by atoms with van der Waals surface area (Å²) < 4.78 is 10.8. The number of nitriles is 1. The summed E-state index contributed by atoms with van der Waals surface area (Å²) in [5, 5.41) is 12.6. The lowest BCUT2D eigenvalue weighted by Crippen LogP contribution is -2.72. The van der Waals surface area contributed by atoms with Gasteiger partial charge < -0.3 is 19.7 Å². The van der Waals surface area contributed by atoms with Gasteiger partial charge in [-0.1, -0.05) is 36.4 Å². The maximum absolute atomic E-state index is 13.0. The van der Waals surface area contributed by atoms with Crippen molar-refractivity contribution in [2.75, 3.05) is 19.9 Å². The number of carbonyl (C=O) groups is 1. The minimum Gasteiger partial charge on any atom is -0.454 e. The zero-order valence-corrected chi connectivity index (χ0v) is 17.3. The van der Waals surface area contributed by atoms with Crippen LogP contribution in [0.4, 0.5) is 0 Å². The van der Waals surface area contributed by atoms with E-state index in [-0.39, 0.29) is 24.8 Å². The minimum atomic E-state index is 0.0365. The maximum Gasteiger partial charge on any atom is 0.254 e. The number of nitrogens with zero attached hydrogens (tertiary/aromatic N) is 2. The summed E-state index contributed by atoms with van der Waals surface area (Å²) in [4.78, 5) is 15.0. The van der Waals surface area contributed by atoms with Crippen molar-refractivity contribution >= 4 is 5.91 Å². The lowest BCUT2D eigenvalue weighted by molar-refractivity contribution is 0.0367. The molecule has 0 aliphatic carbocycles. The van der Waals surface area contributed by atoms with Gasteiger partial charge in [0.2, 0.25) is 6.79 Å². The van der Waals surface area contributed by atoms with Crippen LogP contribution >= 0.6 is 0 Å². The summed E-state index contributed by atoms with van der Waals surface area (Å²) >= 11 is 0. The molecule has 3 saturated heterocycles. The molecule has 3 aromatic carbocycles. The van der Waals surface area contributed by atoms with Crippen molar-refractivity contribution in [2.24, 2.45) is 0 Å². The van der Waals surface area contributed by atoms with Crippen LogP contribution in [0.5, 0.6) is 11.5 Å². The summed E-state index contributed by atoms with van der Waals surface area (Å²) in [5.41, 5.74) is 4.84. The Morgan fingerprint density at radius 2 is 1.56 bits per heavy atom. The number of piperazine rings is 1. The van der Waals surface area contributed by atoms with Gasteiger partial charge in [0, 0.05) is 36.7 Å². The SMILES string of the molecule is N#Cc1ccc(-c2ccc(C3[C@@H]4CN(C(=O)c5ccc6c(c5)OCO6)C[C@H]3N4)cc2)cc1. The number of amides is 1. The first-order valence-corrected chi connectivity index (χ1v) is 10.7. The molecule has 0 radical (unpaired) electrons. The van der Waals surface area contributed by atoms with E-state index in [9.17, 15) is 4.79 Å². The summed E-state index contributed by atoms with van der Waals surface area (Å²) in [5.74, 6) is 1.77. The molecule has 32 heavy (non-hydrogen) atoms. The molecular formula is C26H21N3O3. The van der Waals surface area contributed by atoms with Crippen LogP contribution in [-0.4, -0.2) is 42.8 Å². The second kappa shape index (κ2) is 7.40. The number of piperidine rings is 1. The Labute approximate surface area is 186 Å². The van der Waals surface area contributed by atoms with Crippen LogP contribution < -0.4 is 14.8 Å². The fourth-order valence-corrected chi connectivity index (χ4v) is 5.00. The molecule has 0 spiro atoms. The van der Waals surface area contributed by atoms with Crippen molar-refractivity contribution < 1.29 is 14.3 Å². The van der Waals surface area contributed by atoms with E-state index in [2.05, 4.69) is 35.7 Å². The van der Waals surface area contributed by atoms with E-state index in [1.165, 1.54) is 5.56 Å². The quantitative estimate of drug-likeness (QED) is 0.698. The molecule has 0 saturated carbocycles. The van der Waals surface area contributed by atoms with E-state index >= 15 is 0 Å². The zero-order valence-electron chi connectivity index (χ0n) is 17.3. The van der Waals surface area contributed by atoms with Crippen LogP contribution in [0, 0.1) is 11.3 Å². The third kappa shape index (κ3) is 3.10. The fraction of sp³-hybridized carbons (Fsp3) is 0.231. The summed E-state index contributed by atoms with van der Waals surface area (Å²) in [6, 6.07) is 24.4. The topological polar surface area (TPSA) is 74.6 Å². The molecule has 7 rings (SSSR count). The van der Waals surface area contributed by atoms with Crippen LogP contribution in [0.15, 0.2) is 66.7 Å². The molecule has 4 aliphatic rings. The standard InChI is InChI=1S/C26H21N3O3/c27-12-16-1-3-17(4-2-16)18-5-7-19(8-6-18)25-21-13-29(14-22(25)28-21)26(30)20-9-10-23-24(11-20)32-15-31-23/h1-11,21-22,25,28H,13-15H2/t21-,22+,25?. The Bertz CT molecular complexity index is 1220. The van der Waals surface area contributed by atoms with Crippen LogP contribution in [-0.2, 0) is 0 Å². The smallest absolute Gasteiger partial charge is 0.254 e. The van der Waals surface area contributed by atoms with Crippen molar-refractivity contribution in [2.45, 2.75) is 18.0 Å². The van der Waals surface area contributed by atoms with Gasteiger partial charge in [-0.05, 0) is 47.0 Å². The van der Waals surface area contributed by atoms with Gasteiger partial charge in [-0.25, -0.2) is 0 Å². The highest BCUT2D eigenvalue weighted by molar-refractivity contribution is 5.95. The van der Waals surface area contributed by atoms with E-state index in [0.29, 0.717) is 41.6 Å². The van der Waals surface area contributed by atoms with Crippen LogP contribution in [0.1, 0.15) is 27.4 Å². The average Bonchev–Trinajstić information content (AvgIpc) is 3.32. The summed E-state index contributed by atoms with van der Waals surface area (Å²) in [6.07, 6.45) is 0. The first-order valence-electron chi connectivity index (χ1n) is 10.7. The van der Waals surface area contributed by atoms with E-state index in [4.69, 9.17) is 14.7 Å². The molecule has 1 unspecified atom stereocenters. The molecule has 3 atom stereocenters. The molecule has 4 aliphatic heterocycles. The van der Waals surface area contributed by atoms with Crippen molar-refractivity contribution in [1.29, 1.82) is 5.26 Å². The highest BCUT2D eigenvalue weighted by Crippen LogP contribution is 2.39. The number of ether oxygens (including phenoxy) is 2. The van der Waals surface area contributed by atoms with Gasteiger partial charge in [-0.2, -0.15) is 5.26 Å². The van der Waals surface area contributed by atoms with Crippen LogP contribution in [0.2, 0.25) is 0 Å². The Morgan fingerprint density at radius 3 is 2.25 bits per heavy atom. The number of rotatable bonds is 3. The Kier molecular flexibility index (Phi) is 4.37. The van der Waals surface area contributed by atoms with Gasteiger partial charge in [0.15, 0.2) is 11.5 Å². The minimum absolute atomic E-state index is 0.0365. The third-order valence-electron chi connectivity index (χ3n) is 6.68. The molecule has 3 fully saturated rings. The lowest BCUT2D eigenvalue weighted by Gasteiger charge is -2.54. The van der Waals surface area contributed by atoms with Gasteiger partial charge >= 0.3 is 0 Å². The number of carbonyl (C=O) groups excluding carboxylic acids is 1. The van der Waals surface area contributed by atoms with Crippen molar-refractivity contribution in [3.05, 3.63) is 83.4 Å². The number of fused-ring (bicyclic) bond motifs is 3. The Balaban J connectivity index is 1.14. The Morgan fingerprint density at radius 1 is 0.906 bits per heavy atom. The van der Waals surface area contributed by atoms with Crippen molar-refractivity contribution in [3.8, 4) is 28.7 Å². The third-order valence-corrected chi connectivity index (χ3v) is 6.68. The van der Waals surface area contributed by atoms with Gasteiger partial charge in [0.25, 0.3) is 5.91 Å². The second-order valence-electron chi connectivity index (χ2n) is 8.49. The number of hydrogen-bond acceptors (Lipinski definition) is 5. The second-order valence-corrected chi connectivity index (χ2v) is 8.49. The molecule has 6 heteroatoms. The van der Waals surface area contributed by atoms with Crippen molar-refractivity contribution in [3.63, 3.8) is 0 Å². The van der Waals surface area contributed by atoms with Crippen LogP contribution in [0.3, 0.4) is 0 Å². The first kappa shape index (κ1) is 18.9. The lowest BCUT2D eigenvalue weighted by atomic mass is 9.74. The predicted molar refractivity (Wildman–Crippen MR) is 119 cm³/mol. The van der Waals surface area contributed by atoms with Gasteiger partial charge in [0.05, 0.1) is 11.6 Å². The van der Waals surface area contributed by atoms with Crippen molar-refractivity contribution in [1.82, 2.24) is 10.2 Å². The maximum atomic E-state index is 13.0. The fourth-order valence-electron chi connectivity index (χ4n) is 5.00. The number of benzene rings is 3. The van der Waals surface area contributed by atoms with E-state index < -0.39 is 0 Å². The first-order chi connectivity index (χ1) is 15.7. The highest BCUT2D eigenvalue weighted by Gasteiger charge is 2.48. The molecule has 4 heterocycles. The molecule has 158 valence electrons. The van der Waals surface area contributed by atoms with Gasteiger partial charge in [-0.3, -0.25) is 4.79 Å². The van der Waals surface area contributed by atoms with E-state index in [1.807, 2.05) is 35.2 Å². The number of hydrogen-bond donors (Lipinski definition) is 1. The summed E-state index contributed by atoms with van der Waals surface area (Å²) in [6.45, 7) is 1.58. The largest absolute Gasteiger partial charge is 0.454 e. The summed E-state index contributed by atoms with van der Waals surface area (Å²) in [7, 11) is 0. The molecule has 6 nitrogen and oxygen atoms in total. The van der Waals surface area contributed by atoms with Crippen LogP contribution in [0.25, 0.3) is 11.1 Å². The number of nitrogens with one attached hydrogen (secondary N) is 1. The monoisotopic (exact) mass is 423 g/mol. The normalized spacial score (nSPS) is 22.7. The van der Waals surface area contributed by atoms with E-state index in [1.54, 1.807) is 12.1 Å². The molecule has 0 aromatic heterocycles. The highest BCUT2D eigenvalue weighted by atomic mass is 16.7. The predicted octanol–water partition coefficient (Wildman–Crippen LogP) is 3.53. The zero-order chi connectivity index (χ0) is 21.7. The van der Waals surface area contributed by atoms with Gasteiger partial charge in [-0.15, -0.1) is 0 Å². The molecule has 2 bridgehead atoms. The average molecular weight is 423 g/mol. The van der Waals surface area contributed by atoms with Gasteiger partial charge in [0.1, 0.15) is 0 Å². The molecule has 1 N–H and O–H groups in total. The Hall–Kier alpha value is -3.82. The molecule has 3 aromatic rings. The molecular weight excluding hydrogens is 402 g/mol. The van der Waals surface area contributed by atoms with E-state index in [0.717, 1.165) is 11.1 Å². The molecule has 1 amide bonds.